The maximum atomic E-state index is 13.8. The monoisotopic (exact) mass is 440 g/mol. The highest BCUT2D eigenvalue weighted by atomic mass is 32.2. The van der Waals surface area contributed by atoms with Crippen molar-refractivity contribution in [2.24, 2.45) is 0 Å². The van der Waals surface area contributed by atoms with Gasteiger partial charge in [-0.15, -0.1) is 0 Å². The van der Waals surface area contributed by atoms with Crippen molar-refractivity contribution < 1.29 is 27.2 Å². The molecule has 1 aliphatic rings. The van der Waals surface area contributed by atoms with E-state index < -0.39 is 33.6 Å². The second-order valence-electron chi connectivity index (χ2n) is 6.46. The molecule has 0 aliphatic carbocycles. The zero-order valence-electron chi connectivity index (χ0n) is 15.5. The van der Waals surface area contributed by atoms with Gasteiger partial charge >= 0.3 is 0 Å². The van der Waals surface area contributed by atoms with E-state index in [1.165, 1.54) is 24.4 Å². The van der Waals surface area contributed by atoms with Crippen LogP contribution in [0.15, 0.2) is 65.7 Å². The molecule has 3 aromatic rings. The number of sulfonamides is 1. The van der Waals surface area contributed by atoms with Crippen molar-refractivity contribution in [2.45, 2.75) is 4.90 Å². The van der Waals surface area contributed by atoms with Crippen LogP contribution in [0.1, 0.15) is 31.2 Å². The van der Waals surface area contributed by atoms with Gasteiger partial charge in [-0.2, -0.15) is 0 Å². The highest BCUT2D eigenvalue weighted by molar-refractivity contribution is 7.92. The number of halogens is 1. The number of aromatic nitrogens is 1. The summed E-state index contributed by atoms with van der Waals surface area (Å²) in [4.78, 5) is 39.4. The first kappa shape index (κ1) is 20.2. The van der Waals surface area contributed by atoms with Crippen molar-refractivity contribution in [3.63, 3.8) is 0 Å². The number of hydrogen-bond acceptors (Lipinski definition) is 6. The average molecular weight is 440 g/mol. The summed E-state index contributed by atoms with van der Waals surface area (Å²) >= 11 is 0. The van der Waals surface area contributed by atoms with Crippen molar-refractivity contribution in [2.75, 3.05) is 10.0 Å². The molecule has 156 valence electrons. The van der Waals surface area contributed by atoms with Gasteiger partial charge in [-0.3, -0.25) is 29.4 Å². The molecule has 0 fully saturated rings. The molecule has 0 saturated heterocycles. The SMILES string of the molecule is O=C(Nc1ccc(F)cc1NS(=O)(=O)c1ccc2c(c1)C(=O)NC2=O)c1ccccn1. The summed E-state index contributed by atoms with van der Waals surface area (Å²) in [6.07, 6.45) is 1.41. The Labute approximate surface area is 175 Å². The first-order valence-corrected chi connectivity index (χ1v) is 10.3. The van der Waals surface area contributed by atoms with Crippen LogP contribution in [0.2, 0.25) is 0 Å². The number of pyridine rings is 1. The number of fused-ring (bicyclic) bond motifs is 1. The molecule has 1 aliphatic heterocycles. The molecule has 3 amide bonds. The quantitative estimate of drug-likeness (QED) is 0.521. The van der Waals surface area contributed by atoms with Gasteiger partial charge in [0.25, 0.3) is 27.7 Å². The number of benzene rings is 2. The third kappa shape index (κ3) is 3.98. The smallest absolute Gasteiger partial charge is 0.274 e. The summed E-state index contributed by atoms with van der Waals surface area (Å²) in [5.74, 6) is -2.71. The Morgan fingerprint density at radius 1 is 0.935 bits per heavy atom. The molecule has 3 N–H and O–H groups in total. The zero-order chi connectivity index (χ0) is 22.2. The molecule has 11 heteroatoms. The van der Waals surface area contributed by atoms with E-state index in [2.05, 4.69) is 20.3 Å². The lowest BCUT2D eigenvalue weighted by molar-refractivity contribution is 0.0878. The number of amides is 3. The van der Waals surface area contributed by atoms with Crippen molar-refractivity contribution >= 4 is 39.1 Å². The highest BCUT2D eigenvalue weighted by Gasteiger charge is 2.29. The van der Waals surface area contributed by atoms with E-state index in [0.29, 0.717) is 0 Å². The third-order valence-electron chi connectivity index (χ3n) is 4.39. The molecule has 4 rings (SSSR count). The number of carbonyl (C=O) groups is 3. The number of hydrogen-bond donors (Lipinski definition) is 3. The first-order valence-electron chi connectivity index (χ1n) is 8.79. The van der Waals surface area contributed by atoms with Crippen molar-refractivity contribution in [3.05, 3.63) is 83.4 Å². The molecule has 0 atom stereocenters. The fraction of sp³-hybridized carbons (Fsp3) is 0. The van der Waals surface area contributed by atoms with Crippen LogP contribution in [0, 0.1) is 5.82 Å². The van der Waals surface area contributed by atoms with Gasteiger partial charge in [-0.1, -0.05) is 6.07 Å². The van der Waals surface area contributed by atoms with Gasteiger partial charge in [0, 0.05) is 12.3 Å². The molecule has 2 heterocycles. The van der Waals surface area contributed by atoms with Gasteiger partial charge in [0.1, 0.15) is 11.5 Å². The fourth-order valence-corrected chi connectivity index (χ4v) is 4.01. The molecule has 0 unspecified atom stereocenters. The molecular weight excluding hydrogens is 427 g/mol. The fourth-order valence-electron chi connectivity index (χ4n) is 2.91. The maximum Gasteiger partial charge on any atom is 0.274 e. The summed E-state index contributed by atoms with van der Waals surface area (Å²) in [5.41, 5.74) is -0.191. The summed E-state index contributed by atoms with van der Waals surface area (Å²) in [7, 11) is -4.29. The normalized spacial score (nSPS) is 12.8. The van der Waals surface area contributed by atoms with E-state index in [9.17, 15) is 27.2 Å². The van der Waals surface area contributed by atoms with Crippen molar-refractivity contribution in [1.29, 1.82) is 0 Å². The molecule has 0 bridgehead atoms. The lowest BCUT2D eigenvalue weighted by Gasteiger charge is -2.14. The van der Waals surface area contributed by atoms with Crippen molar-refractivity contribution in [3.8, 4) is 0 Å². The van der Waals surface area contributed by atoms with Crippen LogP contribution in [0.4, 0.5) is 15.8 Å². The minimum absolute atomic E-state index is 0.00490. The van der Waals surface area contributed by atoms with Crippen LogP contribution < -0.4 is 15.4 Å². The standard InChI is InChI=1S/C20H13FN4O5S/c21-11-4-7-15(23-20(28)16-3-1-2-8-22-16)17(9-11)25-31(29,30)12-5-6-13-14(10-12)19(27)24-18(13)26/h1-10,25H,(H,23,28)(H,24,26,27). The molecule has 31 heavy (non-hydrogen) atoms. The number of nitrogens with one attached hydrogen (secondary N) is 3. The van der Waals surface area contributed by atoms with Gasteiger partial charge in [0.05, 0.1) is 27.4 Å². The Bertz CT molecular complexity index is 1340. The Hall–Kier alpha value is -4.12. The van der Waals surface area contributed by atoms with Crippen LogP contribution in [-0.2, 0) is 10.0 Å². The first-order chi connectivity index (χ1) is 14.7. The van der Waals surface area contributed by atoms with Crippen LogP contribution in [-0.4, -0.2) is 31.1 Å². The Balaban J connectivity index is 1.65. The lowest BCUT2D eigenvalue weighted by atomic mass is 10.1. The molecule has 0 spiro atoms. The molecule has 2 aromatic carbocycles. The van der Waals surface area contributed by atoms with E-state index in [1.54, 1.807) is 12.1 Å². The minimum atomic E-state index is -4.29. The van der Waals surface area contributed by atoms with Crippen LogP contribution >= 0.6 is 0 Å². The van der Waals surface area contributed by atoms with E-state index in [-0.39, 0.29) is 33.1 Å². The zero-order valence-corrected chi connectivity index (χ0v) is 16.4. The van der Waals surface area contributed by atoms with E-state index >= 15 is 0 Å². The molecule has 0 saturated carbocycles. The van der Waals surface area contributed by atoms with E-state index in [0.717, 1.165) is 24.3 Å². The van der Waals surface area contributed by atoms with Gasteiger partial charge in [-0.25, -0.2) is 12.8 Å². The number of nitrogens with zero attached hydrogens (tertiary/aromatic N) is 1. The maximum absolute atomic E-state index is 13.8. The van der Waals surface area contributed by atoms with Crippen molar-refractivity contribution in [1.82, 2.24) is 10.3 Å². The molecule has 0 radical (unpaired) electrons. The summed E-state index contributed by atoms with van der Waals surface area (Å²) in [5, 5.41) is 4.55. The molecule has 9 nitrogen and oxygen atoms in total. The lowest BCUT2D eigenvalue weighted by Crippen LogP contribution is -2.20. The molecule has 1 aromatic heterocycles. The van der Waals surface area contributed by atoms with Gasteiger partial charge < -0.3 is 5.32 Å². The van der Waals surface area contributed by atoms with Gasteiger partial charge in [0.2, 0.25) is 0 Å². The number of imide groups is 1. The van der Waals surface area contributed by atoms with E-state index in [1.807, 2.05) is 0 Å². The predicted molar refractivity (Wildman–Crippen MR) is 108 cm³/mol. The predicted octanol–water partition coefficient (Wildman–Crippen LogP) is 2.16. The second-order valence-corrected chi connectivity index (χ2v) is 8.14. The summed E-state index contributed by atoms with van der Waals surface area (Å²) < 4.78 is 41.7. The van der Waals surface area contributed by atoms with Crippen LogP contribution in [0.25, 0.3) is 0 Å². The van der Waals surface area contributed by atoms with Gasteiger partial charge in [-0.05, 0) is 42.5 Å². The number of rotatable bonds is 5. The topological polar surface area (TPSA) is 134 Å². The molecular formula is C20H13FN4O5S. The van der Waals surface area contributed by atoms with Crippen LogP contribution in [0.3, 0.4) is 0 Å². The second kappa shape index (κ2) is 7.61. The summed E-state index contributed by atoms with van der Waals surface area (Å²) in [6.45, 7) is 0. The Morgan fingerprint density at radius 2 is 1.71 bits per heavy atom. The van der Waals surface area contributed by atoms with E-state index in [4.69, 9.17) is 0 Å². The Morgan fingerprint density at radius 3 is 2.45 bits per heavy atom. The average Bonchev–Trinajstić information content (AvgIpc) is 3.03. The number of anilines is 2. The third-order valence-corrected chi connectivity index (χ3v) is 5.75. The minimum Gasteiger partial charge on any atom is -0.319 e. The number of carbonyl (C=O) groups excluding carboxylic acids is 3. The summed E-state index contributed by atoms with van der Waals surface area (Å²) in [6, 6.07) is 11.2. The van der Waals surface area contributed by atoms with Gasteiger partial charge in [0.15, 0.2) is 0 Å². The van der Waals surface area contributed by atoms with Crippen LogP contribution in [0.5, 0.6) is 0 Å². The largest absolute Gasteiger partial charge is 0.319 e. The Kier molecular flexibility index (Phi) is 4.95. The highest BCUT2D eigenvalue weighted by Crippen LogP contribution is 2.27.